The Labute approximate surface area is 176 Å². The van der Waals surface area contributed by atoms with Gasteiger partial charge in [-0.05, 0) is 74.2 Å². The summed E-state index contributed by atoms with van der Waals surface area (Å²) in [4.78, 5) is 4.70. The number of rotatable bonds is 8. The summed E-state index contributed by atoms with van der Waals surface area (Å²) in [5, 5.41) is 13.6. The van der Waals surface area contributed by atoms with Gasteiger partial charge in [0, 0.05) is 5.56 Å². The fourth-order valence-corrected chi connectivity index (χ4v) is 3.63. The topological polar surface area (TPSA) is 78.6 Å². The Balaban J connectivity index is 1.65. The normalized spacial score (nSPS) is 14.5. The van der Waals surface area contributed by atoms with Crippen molar-refractivity contribution in [3.8, 4) is 34.6 Å². The second-order valence-electron chi connectivity index (χ2n) is 7.30. The minimum Gasteiger partial charge on any atom is -0.497 e. The van der Waals surface area contributed by atoms with Crippen molar-refractivity contribution < 1.29 is 19.3 Å². The van der Waals surface area contributed by atoms with Crippen LogP contribution in [0.15, 0.2) is 48.5 Å². The van der Waals surface area contributed by atoms with Crippen molar-refractivity contribution in [2.75, 3.05) is 20.3 Å². The summed E-state index contributed by atoms with van der Waals surface area (Å²) in [5.41, 5.74) is 1.77. The van der Waals surface area contributed by atoms with E-state index in [2.05, 4.69) is 5.10 Å². The van der Waals surface area contributed by atoms with Gasteiger partial charge in [0.25, 0.3) is 0 Å². The van der Waals surface area contributed by atoms with E-state index in [0.717, 1.165) is 29.8 Å². The van der Waals surface area contributed by atoms with Crippen molar-refractivity contribution in [2.45, 2.75) is 38.2 Å². The van der Waals surface area contributed by atoms with Crippen LogP contribution in [0.2, 0.25) is 0 Å². The predicted octanol–water partition coefficient (Wildman–Crippen LogP) is 4.03. The average Bonchev–Trinajstić information content (AvgIpc) is 3.22. The summed E-state index contributed by atoms with van der Waals surface area (Å²) in [5.74, 6) is 2.17. The lowest BCUT2D eigenvalue weighted by atomic mass is 9.98. The van der Waals surface area contributed by atoms with Gasteiger partial charge in [0.1, 0.15) is 24.2 Å². The first kappa shape index (κ1) is 20.2. The lowest BCUT2D eigenvalue weighted by molar-refractivity contribution is 0.142. The van der Waals surface area contributed by atoms with Gasteiger partial charge in [-0.15, -0.1) is 5.10 Å². The summed E-state index contributed by atoms with van der Waals surface area (Å²) in [6.07, 6.45) is 5.90. The highest BCUT2D eigenvalue weighted by Crippen LogP contribution is 2.28. The van der Waals surface area contributed by atoms with Crippen LogP contribution in [-0.2, 0) is 0 Å². The van der Waals surface area contributed by atoms with Crippen LogP contribution in [-0.4, -0.2) is 46.3 Å². The maximum atomic E-state index is 8.93. The largest absolute Gasteiger partial charge is 0.497 e. The first-order valence-corrected chi connectivity index (χ1v) is 10.4. The van der Waals surface area contributed by atoms with E-state index in [1.807, 2.05) is 48.5 Å². The predicted molar refractivity (Wildman–Crippen MR) is 113 cm³/mol. The number of aromatic nitrogens is 3. The third-order valence-electron chi connectivity index (χ3n) is 5.20. The molecule has 30 heavy (non-hydrogen) atoms. The highest BCUT2D eigenvalue weighted by atomic mass is 16.5. The summed E-state index contributed by atoms with van der Waals surface area (Å²) >= 11 is 0. The molecule has 1 saturated carbocycles. The Bertz CT molecular complexity index is 932. The van der Waals surface area contributed by atoms with Crippen LogP contribution in [0, 0.1) is 0 Å². The zero-order valence-electron chi connectivity index (χ0n) is 17.2. The van der Waals surface area contributed by atoms with Crippen molar-refractivity contribution in [2.24, 2.45) is 0 Å². The Morgan fingerprint density at radius 2 is 1.67 bits per heavy atom. The van der Waals surface area contributed by atoms with Crippen molar-refractivity contribution in [1.29, 1.82) is 0 Å². The minimum atomic E-state index is -0.0184. The quantitative estimate of drug-likeness (QED) is 0.605. The molecule has 1 aliphatic carbocycles. The molecule has 1 heterocycles. The van der Waals surface area contributed by atoms with E-state index in [-0.39, 0.29) is 19.3 Å². The molecule has 0 radical (unpaired) electrons. The van der Waals surface area contributed by atoms with Crippen molar-refractivity contribution in [1.82, 2.24) is 14.8 Å². The zero-order valence-corrected chi connectivity index (χ0v) is 17.2. The van der Waals surface area contributed by atoms with Crippen LogP contribution in [0.4, 0.5) is 0 Å². The molecule has 4 rings (SSSR count). The number of benzene rings is 2. The van der Waals surface area contributed by atoms with Gasteiger partial charge >= 0.3 is 6.01 Å². The summed E-state index contributed by atoms with van der Waals surface area (Å²) < 4.78 is 18.6. The van der Waals surface area contributed by atoms with Crippen LogP contribution in [0.5, 0.6) is 17.5 Å². The van der Waals surface area contributed by atoms with Gasteiger partial charge in [0.05, 0.1) is 19.4 Å². The molecular formula is C23H27N3O4. The number of aliphatic hydroxyl groups excluding tert-OH is 1. The standard InChI is InChI=1S/C23H27N3O4/c1-28-19-13-9-18(10-14-19)26-22(17-7-11-20(12-8-17)29-16-15-27)24-23(25-26)30-21-5-3-2-4-6-21/h7-14,21,27H,2-6,15-16H2,1H3. The fraction of sp³-hybridized carbons (Fsp3) is 0.391. The smallest absolute Gasteiger partial charge is 0.336 e. The van der Waals surface area contributed by atoms with Crippen molar-refractivity contribution in [3.63, 3.8) is 0 Å². The lowest BCUT2D eigenvalue weighted by Crippen LogP contribution is -2.20. The Morgan fingerprint density at radius 1 is 0.967 bits per heavy atom. The zero-order chi connectivity index (χ0) is 20.8. The Morgan fingerprint density at radius 3 is 2.33 bits per heavy atom. The molecule has 0 atom stereocenters. The molecular weight excluding hydrogens is 382 g/mol. The molecule has 7 nitrogen and oxygen atoms in total. The Hall–Kier alpha value is -3.06. The molecule has 1 fully saturated rings. The maximum Gasteiger partial charge on any atom is 0.336 e. The number of aliphatic hydroxyl groups is 1. The van der Waals surface area contributed by atoms with Crippen LogP contribution >= 0.6 is 0 Å². The monoisotopic (exact) mass is 409 g/mol. The third kappa shape index (κ3) is 4.74. The van der Waals surface area contributed by atoms with Gasteiger partial charge in [-0.1, -0.05) is 6.42 Å². The van der Waals surface area contributed by atoms with Crippen LogP contribution in [0.25, 0.3) is 17.1 Å². The minimum absolute atomic E-state index is 0.0184. The SMILES string of the molecule is COc1ccc(-n2nc(OC3CCCCC3)nc2-c2ccc(OCCO)cc2)cc1. The van der Waals surface area contributed by atoms with E-state index >= 15 is 0 Å². The molecule has 7 heteroatoms. The molecule has 0 saturated heterocycles. The highest BCUT2D eigenvalue weighted by molar-refractivity contribution is 5.59. The van der Waals surface area contributed by atoms with E-state index in [1.165, 1.54) is 19.3 Å². The molecule has 1 aliphatic rings. The van der Waals surface area contributed by atoms with Crippen molar-refractivity contribution in [3.05, 3.63) is 48.5 Å². The molecule has 1 N–H and O–H groups in total. The molecule has 1 aromatic heterocycles. The maximum absolute atomic E-state index is 8.93. The van der Waals surface area contributed by atoms with E-state index in [1.54, 1.807) is 11.8 Å². The second kappa shape index (κ2) is 9.63. The molecule has 0 aliphatic heterocycles. The molecule has 0 unspecified atom stereocenters. The molecule has 0 spiro atoms. The number of ether oxygens (including phenoxy) is 3. The molecule has 2 aromatic carbocycles. The highest BCUT2D eigenvalue weighted by Gasteiger charge is 2.20. The van der Waals surface area contributed by atoms with Gasteiger partial charge in [0.15, 0.2) is 5.82 Å². The summed E-state index contributed by atoms with van der Waals surface area (Å²) in [6.45, 7) is 0.246. The molecule has 0 bridgehead atoms. The van der Waals surface area contributed by atoms with Crippen LogP contribution in [0.3, 0.4) is 0 Å². The second-order valence-corrected chi connectivity index (χ2v) is 7.30. The summed E-state index contributed by atoms with van der Waals surface area (Å²) in [6, 6.07) is 15.7. The van der Waals surface area contributed by atoms with Gasteiger partial charge < -0.3 is 19.3 Å². The lowest BCUT2D eigenvalue weighted by Gasteiger charge is -2.20. The van der Waals surface area contributed by atoms with Gasteiger partial charge in [0.2, 0.25) is 0 Å². The first-order valence-electron chi connectivity index (χ1n) is 10.4. The number of nitrogens with zero attached hydrogens (tertiary/aromatic N) is 3. The molecule has 0 amide bonds. The van der Waals surface area contributed by atoms with Crippen LogP contribution < -0.4 is 14.2 Å². The van der Waals surface area contributed by atoms with E-state index in [4.69, 9.17) is 24.3 Å². The van der Waals surface area contributed by atoms with E-state index < -0.39 is 0 Å². The Kier molecular flexibility index (Phi) is 6.49. The average molecular weight is 409 g/mol. The summed E-state index contributed by atoms with van der Waals surface area (Å²) in [7, 11) is 1.65. The van der Waals surface area contributed by atoms with Gasteiger partial charge in [-0.25, -0.2) is 4.68 Å². The van der Waals surface area contributed by atoms with E-state index in [0.29, 0.717) is 17.6 Å². The number of methoxy groups -OCH3 is 1. The van der Waals surface area contributed by atoms with E-state index in [9.17, 15) is 0 Å². The molecule has 158 valence electrons. The number of hydrogen-bond donors (Lipinski definition) is 1. The molecule has 3 aromatic rings. The van der Waals surface area contributed by atoms with Crippen molar-refractivity contribution >= 4 is 0 Å². The van der Waals surface area contributed by atoms with Gasteiger partial charge in [-0.3, -0.25) is 0 Å². The van der Waals surface area contributed by atoms with Crippen LogP contribution in [0.1, 0.15) is 32.1 Å². The fourth-order valence-electron chi connectivity index (χ4n) is 3.63. The third-order valence-corrected chi connectivity index (χ3v) is 5.20. The first-order chi connectivity index (χ1) is 14.8. The number of hydrogen-bond acceptors (Lipinski definition) is 6. The van der Waals surface area contributed by atoms with Gasteiger partial charge in [-0.2, -0.15) is 4.98 Å².